The van der Waals surface area contributed by atoms with Crippen molar-refractivity contribution in [3.05, 3.63) is 66.1 Å². The van der Waals surface area contributed by atoms with E-state index in [1.807, 2.05) is 0 Å². The molecule has 0 aliphatic rings. The van der Waals surface area contributed by atoms with Gasteiger partial charge in [0.1, 0.15) is 0 Å². The number of hydrogen-bond donors (Lipinski definition) is 1. The number of fused-ring (bicyclic) bond motifs is 1. The van der Waals surface area contributed by atoms with Gasteiger partial charge in [0.15, 0.2) is 5.78 Å². The van der Waals surface area contributed by atoms with Crippen LogP contribution in [-0.4, -0.2) is 17.3 Å². The maximum atomic E-state index is 12.7. The summed E-state index contributed by atoms with van der Waals surface area (Å²) in [4.78, 5) is 17.1. The van der Waals surface area contributed by atoms with Gasteiger partial charge in [0.25, 0.3) is 0 Å². The zero-order valence-corrected chi connectivity index (χ0v) is 11.9. The zero-order chi connectivity index (χ0) is 19.7. The van der Waals surface area contributed by atoms with Crippen molar-refractivity contribution in [3.63, 3.8) is 0 Å². The first-order valence-electron chi connectivity index (χ1n) is 9.57. The molecule has 1 aromatic heterocycles. The highest BCUT2D eigenvalue weighted by Crippen LogP contribution is 2.25. The third-order valence-corrected chi connectivity index (χ3v) is 3.38. The lowest BCUT2D eigenvalue weighted by atomic mass is 9.99. The van der Waals surface area contributed by atoms with E-state index in [-0.39, 0.29) is 35.5 Å². The van der Waals surface area contributed by atoms with E-state index in [9.17, 15) is 4.79 Å². The summed E-state index contributed by atoms with van der Waals surface area (Å²) < 4.78 is 39.8. The van der Waals surface area contributed by atoms with E-state index in [1.165, 1.54) is 6.07 Å². The number of nitrogens with two attached hydrogens (primary N) is 1. The Balaban J connectivity index is 2.30. The molecule has 0 unspecified atom stereocenters. The predicted octanol–water partition coefficient (Wildman–Crippen LogP) is 3.82. The first-order chi connectivity index (χ1) is 12.9. The van der Waals surface area contributed by atoms with Gasteiger partial charge in [0.2, 0.25) is 0 Å². The van der Waals surface area contributed by atoms with E-state index < -0.39 is 18.1 Å². The number of ketones is 1. The Morgan fingerprint density at radius 2 is 1.95 bits per heavy atom. The molecule has 0 saturated carbocycles. The smallest absolute Gasteiger partial charge is 0.163 e. The molecule has 0 aliphatic carbocycles. The molecule has 3 nitrogen and oxygen atoms in total. The minimum absolute atomic E-state index is 0.0142. The van der Waals surface area contributed by atoms with Crippen LogP contribution in [0.3, 0.4) is 0 Å². The number of rotatable bonds is 5. The molecule has 0 aliphatic heterocycles. The van der Waals surface area contributed by atoms with Crippen molar-refractivity contribution in [3.8, 4) is 11.3 Å². The number of aromatic nitrogens is 1. The monoisotopic (exact) mass is 295 g/mol. The van der Waals surface area contributed by atoms with Gasteiger partial charge in [-0.15, -0.1) is 0 Å². The lowest BCUT2D eigenvalue weighted by Crippen LogP contribution is -2.06. The lowest BCUT2D eigenvalue weighted by molar-refractivity contribution is 0.0982. The van der Waals surface area contributed by atoms with Crippen LogP contribution in [0.25, 0.3) is 22.2 Å². The minimum Gasteiger partial charge on any atom is -0.330 e. The van der Waals surface area contributed by atoms with Crippen LogP contribution in [0.1, 0.15) is 30.1 Å². The third-order valence-electron chi connectivity index (χ3n) is 3.38. The average Bonchev–Trinajstić information content (AvgIpc) is 2.68. The van der Waals surface area contributed by atoms with Gasteiger partial charge in [0, 0.05) is 22.9 Å². The molecular weight excluding hydrogens is 272 g/mol. The quantitative estimate of drug-likeness (QED) is 0.728. The van der Waals surface area contributed by atoms with Crippen LogP contribution >= 0.6 is 0 Å². The molecule has 0 atom stereocenters. The fraction of sp³-hybridized carbons (Fsp3) is 0.158. The Kier molecular flexibility index (Phi) is 2.80. The molecular formula is C19H18N2O. The molecule has 0 fully saturated rings. The highest BCUT2D eigenvalue weighted by atomic mass is 16.1. The number of carbonyl (C=O) groups excluding carboxylic acids is 1. The van der Waals surface area contributed by atoms with Gasteiger partial charge < -0.3 is 5.73 Å². The summed E-state index contributed by atoms with van der Waals surface area (Å²) in [5.41, 5.74) is 6.61. The van der Waals surface area contributed by atoms with Gasteiger partial charge in [-0.25, -0.2) is 4.98 Å². The summed E-state index contributed by atoms with van der Waals surface area (Å²) in [6, 6.07) is 6.58. The zero-order valence-electron chi connectivity index (χ0n) is 16.9. The molecule has 3 rings (SSSR count). The number of para-hydroxylation sites is 1. The van der Waals surface area contributed by atoms with Crippen molar-refractivity contribution >= 4 is 16.7 Å². The molecule has 0 spiro atoms. The van der Waals surface area contributed by atoms with Gasteiger partial charge in [0.05, 0.1) is 18.1 Å². The van der Waals surface area contributed by atoms with Crippen LogP contribution in [0.15, 0.2) is 60.5 Å². The van der Waals surface area contributed by atoms with Crippen LogP contribution in [0.2, 0.25) is 0 Å². The molecule has 0 amide bonds. The van der Waals surface area contributed by atoms with E-state index in [2.05, 4.69) is 4.98 Å². The Morgan fingerprint density at radius 1 is 1.18 bits per heavy atom. The van der Waals surface area contributed by atoms with Crippen LogP contribution in [-0.2, 0) is 0 Å². The minimum atomic E-state index is -0.464. The van der Waals surface area contributed by atoms with Gasteiger partial charge in [-0.3, -0.25) is 4.79 Å². The Morgan fingerprint density at radius 3 is 2.73 bits per heavy atom. The van der Waals surface area contributed by atoms with Crippen molar-refractivity contribution in [2.45, 2.75) is 12.8 Å². The lowest BCUT2D eigenvalue weighted by Gasteiger charge is -2.09. The maximum Gasteiger partial charge on any atom is 0.163 e. The Labute approximate surface area is 136 Å². The SMILES string of the molecule is [2H]c1c([2H])c([2H])c(-c2cc(C(=O)CCCN)c3ccccc3n2)c([2H])c1[2H]. The van der Waals surface area contributed by atoms with Crippen LogP contribution < -0.4 is 5.73 Å². The van der Waals surface area contributed by atoms with E-state index >= 15 is 0 Å². The van der Waals surface area contributed by atoms with E-state index in [0.717, 1.165) is 0 Å². The standard InChI is InChI=1S/C19H18N2O/c20-12-6-11-19(22)16-13-18(14-7-2-1-3-8-14)21-17-10-5-4-9-15(16)17/h1-5,7-10,13H,6,11-12,20H2/i1D,2D,3D,7D,8D. The van der Waals surface area contributed by atoms with Gasteiger partial charge in [-0.2, -0.15) is 0 Å². The second-order valence-electron chi connectivity index (χ2n) is 4.89. The maximum absolute atomic E-state index is 12.7. The second-order valence-corrected chi connectivity index (χ2v) is 4.89. The topological polar surface area (TPSA) is 56.0 Å². The molecule has 3 heteroatoms. The highest BCUT2D eigenvalue weighted by Gasteiger charge is 2.13. The molecule has 2 aromatic carbocycles. The Hall–Kier alpha value is -2.52. The molecule has 0 radical (unpaired) electrons. The Bertz CT molecular complexity index is 1020. The predicted molar refractivity (Wildman–Crippen MR) is 89.8 cm³/mol. The number of pyridine rings is 1. The largest absolute Gasteiger partial charge is 0.330 e. The van der Waals surface area contributed by atoms with Gasteiger partial charge in [-0.05, 0) is 25.1 Å². The van der Waals surface area contributed by atoms with Crippen molar-refractivity contribution in [1.82, 2.24) is 4.98 Å². The van der Waals surface area contributed by atoms with Gasteiger partial charge >= 0.3 is 0 Å². The van der Waals surface area contributed by atoms with E-state index in [1.54, 1.807) is 24.3 Å². The molecule has 1 heterocycles. The summed E-state index contributed by atoms with van der Waals surface area (Å²) in [6.07, 6.45) is 0.809. The van der Waals surface area contributed by atoms with Crippen molar-refractivity contribution < 1.29 is 11.6 Å². The normalized spacial score (nSPS) is 14.0. The van der Waals surface area contributed by atoms with Crippen molar-refractivity contribution in [2.24, 2.45) is 5.73 Å². The number of hydrogen-bond acceptors (Lipinski definition) is 3. The molecule has 22 heavy (non-hydrogen) atoms. The number of benzene rings is 2. The summed E-state index contributed by atoms with van der Waals surface area (Å²) >= 11 is 0. The number of carbonyl (C=O) groups is 1. The fourth-order valence-corrected chi connectivity index (χ4v) is 2.31. The first-order valence-corrected chi connectivity index (χ1v) is 7.07. The van der Waals surface area contributed by atoms with Crippen LogP contribution in [0.4, 0.5) is 0 Å². The van der Waals surface area contributed by atoms with E-state index in [0.29, 0.717) is 29.4 Å². The van der Waals surface area contributed by atoms with Crippen LogP contribution in [0.5, 0.6) is 0 Å². The summed E-state index contributed by atoms with van der Waals surface area (Å²) in [5, 5.41) is 0.663. The number of Topliss-reactive ketones (excluding diaryl/α,β-unsaturated/α-hetero) is 1. The highest BCUT2D eigenvalue weighted by molar-refractivity contribution is 6.08. The molecule has 3 aromatic rings. The molecule has 110 valence electrons. The molecule has 0 bridgehead atoms. The summed E-state index contributed by atoms with van der Waals surface area (Å²) in [6.45, 7) is 0.394. The summed E-state index contributed by atoms with van der Waals surface area (Å²) in [7, 11) is 0. The van der Waals surface area contributed by atoms with E-state index in [4.69, 9.17) is 12.6 Å². The third kappa shape index (κ3) is 2.90. The molecule has 0 saturated heterocycles. The summed E-state index contributed by atoms with van der Waals surface area (Å²) in [5.74, 6) is -0.118. The fourth-order valence-electron chi connectivity index (χ4n) is 2.31. The van der Waals surface area contributed by atoms with Crippen molar-refractivity contribution in [2.75, 3.05) is 6.54 Å². The van der Waals surface area contributed by atoms with Crippen LogP contribution in [0, 0.1) is 0 Å². The second kappa shape index (κ2) is 6.50. The first kappa shape index (κ1) is 9.49. The molecule has 2 N–H and O–H groups in total. The van der Waals surface area contributed by atoms with Gasteiger partial charge in [-0.1, -0.05) is 48.4 Å². The van der Waals surface area contributed by atoms with Crippen molar-refractivity contribution in [1.29, 1.82) is 0 Å². The number of nitrogens with zero attached hydrogens (tertiary/aromatic N) is 1. The average molecular weight is 295 g/mol.